The van der Waals surface area contributed by atoms with Crippen molar-refractivity contribution in [1.82, 2.24) is 0 Å². The van der Waals surface area contributed by atoms with Gasteiger partial charge in [0.15, 0.2) is 0 Å². The van der Waals surface area contributed by atoms with Crippen molar-refractivity contribution in [2.24, 2.45) is 5.92 Å². The normalized spacial score (nSPS) is 21.1. The summed E-state index contributed by atoms with van der Waals surface area (Å²) in [4.78, 5) is 11.4. The minimum absolute atomic E-state index is 0.318. The molecule has 1 rings (SSSR count). The van der Waals surface area contributed by atoms with Gasteiger partial charge in [-0.25, -0.2) is 0 Å². The summed E-state index contributed by atoms with van der Waals surface area (Å²) >= 11 is 5.62. The average Bonchev–Trinajstić information content (AvgIpc) is 2.27. The molecule has 0 spiro atoms. The molecule has 1 nitrogen and oxygen atoms in total. The Morgan fingerprint density at radius 3 is 2.19 bits per heavy atom. The molecule has 1 aliphatic carbocycles. The highest BCUT2D eigenvalue weighted by Crippen LogP contribution is 2.37. The number of rotatable bonds is 4. The summed E-state index contributed by atoms with van der Waals surface area (Å²) in [6, 6.07) is 0. The van der Waals surface area contributed by atoms with Gasteiger partial charge in [-0.15, -0.1) is 0 Å². The van der Waals surface area contributed by atoms with Crippen LogP contribution in [-0.2, 0) is 4.79 Å². The molecule has 0 aromatic carbocycles. The Hall–Kier alpha value is -0.820. The molecule has 1 atom stereocenters. The Bertz CT molecular complexity index is 374. The van der Waals surface area contributed by atoms with Crippen molar-refractivity contribution in [1.29, 1.82) is 0 Å². The molecule has 0 amide bonds. The number of hydrogen-bond acceptors (Lipinski definition) is 1. The Labute approximate surface area is 103 Å². The standard InChI is InChI=1S/C14H19ClO/c1-5-10-8-13(14(15)16)9(4)11(6-2)12(10)7-3/h8,13H,4-7H2,1-3H3. The van der Waals surface area contributed by atoms with Crippen LogP contribution in [0.3, 0.4) is 0 Å². The van der Waals surface area contributed by atoms with E-state index in [-0.39, 0.29) is 11.2 Å². The van der Waals surface area contributed by atoms with Crippen LogP contribution in [0.5, 0.6) is 0 Å². The molecular formula is C14H19ClO. The van der Waals surface area contributed by atoms with Gasteiger partial charge in [-0.1, -0.05) is 33.4 Å². The van der Waals surface area contributed by atoms with Gasteiger partial charge in [-0.2, -0.15) is 0 Å². The van der Waals surface area contributed by atoms with E-state index in [1.54, 1.807) is 0 Å². The van der Waals surface area contributed by atoms with Gasteiger partial charge in [0.2, 0.25) is 5.24 Å². The Kier molecular flexibility index (Phi) is 4.55. The average molecular weight is 239 g/mol. The molecule has 0 fully saturated rings. The van der Waals surface area contributed by atoms with Gasteiger partial charge >= 0.3 is 0 Å². The second-order valence-corrected chi connectivity index (χ2v) is 4.39. The van der Waals surface area contributed by atoms with Crippen LogP contribution in [0, 0.1) is 5.92 Å². The third-order valence-electron chi connectivity index (χ3n) is 3.22. The lowest BCUT2D eigenvalue weighted by Crippen LogP contribution is -2.17. The summed E-state index contributed by atoms with van der Waals surface area (Å²) in [5, 5.41) is -0.322. The molecule has 0 heterocycles. The van der Waals surface area contributed by atoms with Gasteiger partial charge in [-0.05, 0) is 53.2 Å². The van der Waals surface area contributed by atoms with Crippen LogP contribution in [0.1, 0.15) is 40.0 Å². The van der Waals surface area contributed by atoms with E-state index in [4.69, 9.17) is 11.6 Å². The molecule has 88 valence electrons. The fraction of sp³-hybridized carbons (Fsp3) is 0.500. The Balaban J connectivity index is 3.26. The molecule has 0 saturated carbocycles. The first-order chi connectivity index (χ1) is 7.56. The Morgan fingerprint density at radius 2 is 1.81 bits per heavy atom. The zero-order valence-electron chi connectivity index (χ0n) is 10.3. The monoisotopic (exact) mass is 238 g/mol. The SMILES string of the molecule is C=C1C(CC)=C(CC)C(CC)=CC1C(=O)Cl. The van der Waals surface area contributed by atoms with Crippen molar-refractivity contribution in [2.75, 3.05) is 0 Å². The summed E-state index contributed by atoms with van der Waals surface area (Å²) in [5.74, 6) is -0.318. The molecule has 0 N–H and O–H groups in total. The lowest BCUT2D eigenvalue weighted by molar-refractivity contribution is -0.113. The van der Waals surface area contributed by atoms with Crippen LogP contribution >= 0.6 is 11.6 Å². The second-order valence-electron chi connectivity index (χ2n) is 4.02. The summed E-state index contributed by atoms with van der Waals surface area (Å²) < 4.78 is 0. The van der Waals surface area contributed by atoms with Crippen LogP contribution < -0.4 is 0 Å². The number of carbonyl (C=O) groups excluding carboxylic acids is 1. The van der Waals surface area contributed by atoms with E-state index < -0.39 is 0 Å². The first kappa shape index (κ1) is 13.2. The van der Waals surface area contributed by atoms with Gasteiger partial charge in [0, 0.05) is 0 Å². The molecule has 0 aromatic rings. The molecule has 0 aliphatic heterocycles. The maximum Gasteiger partial charge on any atom is 0.232 e. The third kappa shape index (κ3) is 2.30. The van der Waals surface area contributed by atoms with Crippen LogP contribution in [-0.4, -0.2) is 5.24 Å². The van der Waals surface area contributed by atoms with E-state index in [1.165, 1.54) is 16.7 Å². The summed E-state index contributed by atoms with van der Waals surface area (Å²) in [7, 11) is 0. The van der Waals surface area contributed by atoms with Gasteiger partial charge in [0.1, 0.15) is 0 Å². The highest BCUT2D eigenvalue weighted by molar-refractivity contribution is 6.64. The van der Waals surface area contributed by atoms with E-state index in [9.17, 15) is 4.79 Å². The van der Waals surface area contributed by atoms with E-state index in [2.05, 4.69) is 27.4 Å². The zero-order chi connectivity index (χ0) is 12.3. The van der Waals surface area contributed by atoms with E-state index >= 15 is 0 Å². The molecule has 2 heteroatoms. The first-order valence-corrected chi connectivity index (χ1v) is 6.26. The highest BCUT2D eigenvalue weighted by Gasteiger charge is 2.26. The van der Waals surface area contributed by atoms with Gasteiger partial charge in [0.25, 0.3) is 0 Å². The van der Waals surface area contributed by atoms with Crippen LogP contribution in [0.4, 0.5) is 0 Å². The number of allylic oxidation sites excluding steroid dienone is 5. The fourth-order valence-corrected chi connectivity index (χ4v) is 2.59. The smallest absolute Gasteiger partial charge is 0.232 e. The van der Waals surface area contributed by atoms with Crippen molar-refractivity contribution in [3.63, 3.8) is 0 Å². The maximum atomic E-state index is 11.4. The molecule has 1 unspecified atom stereocenters. The first-order valence-electron chi connectivity index (χ1n) is 5.88. The van der Waals surface area contributed by atoms with Crippen molar-refractivity contribution in [3.8, 4) is 0 Å². The minimum Gasteiger partial charge on any atom is -0.280 e. The quantitative estimate of drug-likeness (QED) is 0.664. The van der Waals surface area contributed by atoms with Crippen LogP contribution in [0.15, 0.2) is 34.9 Å². The van der Waals surface area contributed by atoms with Gasteiger partial charge < -0.3 is 0 Å². The lowest BCUT2D eigenvalue weighted by Gasteiger charge is -2.26. The predicted molar refractivity (Wildman–Crippen MR) is 69.5 cm³/mol. The zero-order valence-corrected chi connectivity index (χ0v) is 11.0. The molecule has 0 bridgehead atoms. The second kappa shape index (κ2) is 5.49. The molecule has 0 radical (unpaired) electrons. The fourth-order valence-electron chi connectivity index (χ4n) is 2.39. The molecular weight excluding hydrogens is 220 g/mol. The summed E-state index contributed by atoms with van der Waals surface area (Å²) in [5.41, 5.74) is 4.72. The summed E-state index contributed by atoms with van der Waals surface area (Å²) in [6.45, 7) is 10.4. The summed E-state index contributed by atoms with van der Waals surface area (Å²) in [6.07, 6.45) is 4.83. The van der Waals surface area contributed by atoms with Crippen LogP contribution in [0.2, 0.25) is 0 Å². The van der Waals surface area contributed by atoms with Gasteiger partial charge in [0.05, 0.1) is 5.92 Å². The van der Waals surface area contributed by atoms with Crippen molar-refractivity contribution in [3.05, 3.63) is 34.9 Å². The lowest BCUT2D eigenvalue weighted by atomic mass is 9.79. The van der Waals surface area contributed by atoms with Gasteiger partial charge in [-0.3, -0.25) is 4.79 Å². The van der Waals surface area contributed by atoms with Crippen molar-refractivity contribution in [2.45, 2.75) is 40.0 Å². The third-order valence-corrected chi connectivity index (χ3v) is 3.45. The Morgan fingerprint density at radius 1 is 1.25 bits per heavy atom. The molecule has 16 heavy (non-hydrogen) atoms. The van der Waals surface area contributed by atoms with E-state index in [0.29, 0.717) is 0 Å². The van der Waals surface area contributed by atoms with Crippen molar-refractivity contribution >= 4 is 16.8 Å². The molecule has 1 aliphatic rings. The topological polar surface area (TPSA) is 17.1 Å². The number of hydrogen-bond donors (Lipinski definition) is 0. The predicted octanol–water partition coefficient (Wildman–Crippen LogP) is 4.39. The van der Waals surface area contributed by atoms with Crippen molar-refractivity contribution < 1.29 is 4.79 Å². The molecule has 0 aromatic heterocycles. The highest BCUT2D eigenvalue weighted by atomic mass is 35.5. The number of halogens is 1. The largest absolute Gasteiger partial charge is 0.280 e. The molecule has 0 saturated heterocycles. The minimum atomic E-state index is -0.322. The number of carbonyl (C=O) groups is 1. The van der Waals surface area contributed by atoms with Crippen LogP contribution in [0.25, 0.3) is 0 Å². The van der Waals surface area contributed by atoms with E-state index in [1.807, 2.05) is 6.08 Å². The maximum absolute atomic E-state index is 11.4. The van der Waals surface area contributed by atoms with E-state index in [0.717, 1.165) is 24.8 Å².